The molecule has 16 heteroatoms. The van der Waals surface area contributed by atoms with Gasteiger partial charge in [0.1, 0.15) is 10.7 Å². The number of hydrogen-bond donors (Lipinski definition) is 4. The molecule has 246 valence electrons. The summed E-state index contributed by atoms with van der Waals surface area (Å²) in [6, 6.07) is 10.6. The number of esters is 2. The number of dihydropyridines is 1. The van der Waals surface area contributed by atoms with Gasteiger partial charge < -0.3 is 29.6 Å². The number of primary sulfonamides is 1. The standard InChI is InChI=1S/C18H19Cl2NO4.C12H11ClN2O5S/c1-5-25-18(23)14-10(3)21-9(2)13(17(22)24-4)15(14)11-7-6-8-12(19)16(11)20;13-9-5-10(15-6-7-2-1-3-20-7)8(12(16)17)4-11(9)21(14,18)19/h6-8,15,21H,5H2,1-4H3;1-5,15H,6H2,(H,16,17)(H2,14,18,19). The molecule has 0 aliphatic carbocycles. The van der Waals surface area contributed by atoms with E-state index in [4.69, 9.17) is 58.9 Å². The SMILES string of the molecule is CCOC(=O)C1=C(C)NC(C)=C(C(=O)OC)C1c1cccc(Cl)c1Cl.NS(=O)(=O)c1cc(C(=O)O)c(NCc2ccco2)cc1Cl. The van der Waals surface area contributed by atoms with Gasteiger partial charge in [-0.3, -0.25) is 0 Å². The molecule has 12 nitrogen and oxygen atoms in total. The number of carboxylic acids is 1. The van der Waals surface area contributed by atoms with Crippen molar-refractivity contribution >= 4 is 68.4 Å². The van der Waals surface area contributed by atoms with Crippen LogP contribution in [0.15, 0.2) is 80.6 Å². The molecule has 5 N–H and O–H groups in total. The molecule has 0 fully saturated rings. The molecule has 0 radical (unpaired) electrons. The van der Waals surface area contributed by atoms with Gasteiger partial charge in [0.2, 0.25) is 10.0 Å². The number of halogens is 3. The maximum absolute atomic E-state index is 12.6. The quantitative estimate of drug-likeness (QED) is 0.195. The van der Waals surface area contributed by atoms with Gasteiger partial charge in [-0.25, -0.2) is 27.9 Å². The molecule has 1 aliphatic heterocycles. The largest absolute Gasteiger partial charge is 0.478 e. The summed E-state index contributed by atoms with van der Waals surface area (Å²) in [5.41, 5.74) is 2.21. The molecule has 3 aromatic rings. The number of sulfonamides is 1. The van der Waals surface area contributed by atoms with Gasteiger partial charge >= 0.3 is 17.9 Å². The Morgan fingerprint density at radius 1 is 1.02 bits per heavy atom. The van der Waals surface area contributed by atoms with Gasteiger partial charge in [0.05, 0.1) is 69.9 Å². The summed E-state index contributed by atoms with van der Waals surface area (Å²) in [6.07, 6.45) is 1.48. The third-order valence-electron chi connectivity index (χ3n) is 6.60. The molecule has 2 aromatic carbocycles. The van der Waals surface area contributed by atoms with Gasteiger partial charge in [0, 0.05) is 11.4 Å². The minimum Gasteiger partial charge on any atom is -0.478 e. The van der Waals surface area contributed by atoms with Crippen molar-refractivity contribution in [3.63, 3.8) is 0 Å². The Labute approximate surface area is 280 Å². The number of rotatable bonds is 9. The Hall–Kier alpha value is -4.01. The molecule has 2 heterocycles. The number of ether oxygens (including phenoxy) is 2. The van der Waals surface area contributed by atoms with Crippen LogP contribution in [-0.2, 0) is 35.6 Å². The number of benzene rings is 2. The minimum atomic E-state index is -4.11. The van der Waals surface area contributed by atoms with E-state index in [0.717, 1.165) is 6.07 Å². The van der Waals surface area contributed by atoms with Crippen LogP contribution < -0.4 is 15.8 Å². The monoisotopic (exact) mass is 713 g/mol. The van der Waals surface area contributed by atoms with Crippen LogP contribution in [0.2, 0.25) is 15.1 Å². The van der Waals surface area contributed by atoms with Gasteiger partial charge in [-0.05, 0) is 56.7 Å². The molecule has 1 aliphatic rings. The fourth-order valence-electron chi connectivity index (χ4n) is 4.60. The van der Waals surface area contributed by atoms with E-state index < -0.39 is 38.7 Å². The van der Waals surface area contributed by atoms with Gasteiger partial charge in [-0.2, -0.15) is 0 Å². The smallest absolute Gasteiger partial charge is 0.337 e. The number of allylic oxidation sites excluding steroid dienone is 2. The molecule has 1 aromatic heterocycles. The van der Waals surface area contributed by atoms with Gasteiger partial charge in [0.25, 0.3) is 0 Å². The zero-order chi connectivity index (χ0) is 34.3. The van der Waals surface area contributed by atoms with E-state index in [1.807, 2.05) is 0 Å². The first-order valence-corrected chi connectivity index (χ1v) is 16.0. The molecule has 4 rings (SSSR count). The van der Waals surface area contributed by atoms with E-state index >= 15 is 0 Å². The summed E-state index contributed by atoms with van der Waals surface area (Å²) in [5, 5.41) is 20.5. The van der Waals surface area contributed by atoms with Crippen molar-refractivity contribution in [2.75, 3.05) is 19.0 Å². The Balaban J connectivity index is 0.000000254. The van der Waals surface area contributed by atoms with Crippen LogP contribution in [0.5, 0.6) is 0 Å². The Morgan fingerprint density at radius 3 is 2.22 bits per heavy atom. The van der Waals surface area contributed by atoms with E-state index in [1.54, 1.807) is 51.1 Å². The summed E-state index contributed by atoms with van der Waals surface area (Å²) >= 11 is 18.4. The molecule has 0 saturated heterocycles. The first kappa shape index (κ1) is 36.5. The molecule has 1 unspecified atom stereocenters. The number of furan rings is 1. The normalized spacial score (nSPS) is 14.6. The molecular formula is C30H30Cl3N3O9S. The number of methoxy groups -OCH3 is 1. The summed E-state index contributed by atoms with van der Waals surface area (Å²) in [7, 11) is -2.82. The lowest BCUT2D eigenvalue weighted by atomic mass is 9.80. The lowest BCUT2D eigenvalue weighted by Gasteiger charge is -2.30. The second-order valence-electron chi connectivity index (χ2n) is 9.60. The number of carboxylic acid groups (broad SMARTS) is 1. The highest BCUT2D eigenvalue weighted by molar-refractivity contribution is 7.89. The minimum absolute atomic E-state index is 0.163. The van der Waals surface area contributed by atoms with Gasteiger partial charge in [-0.1, -0.05) is 46.9 Å². The number of nitrogens with one attached hydrogen (secondary N) is 2. The summed E-state index contributed by atoms with van der Waals surface area (Å²) in [5.74, 6) is -2.54. The Morgan fingerprint density at radius 2 is 1.67 bits per heavy atom. The predicted molar refractivity (Wildman–Crippen MR) is 172 cm³/mol. The Kier molecular flexibility index (Phi) is 12.3. The lowest BCUT2D eigenvalue weighted by Crippen LogP contribution is -2.32. The third-order valence-corrected chi connectivity index (χ3v) is 8.80. The van der Waals surface area contributed by atoms with Crippen molar-refractivity contribution in [3.8, 4) is 0 Å². The number of aromatic carboxylic acids is 1. The number of anilines is 1. The van der Waals surface area contributed by atoms with Crippen molar-refractivity contribution in [1.82, 2.24) is 5.32 Å². The van der Waals surface area contributed by atoms with Crippen LogP contribution in [0.25, 0.3) is 0 Å². The molecule has 0 saturated carbocycles. The van der Waals surface area contributed by atoms with E-state index in [9.17, 15) is 22.8 Å². The van der Waals surface area contributed by atoms with Crippen molar-refractivity contribution < 1.29 is 41.8 Å². The highest BCUT2D eigenvalue weighted by atomic mass is 35.5. The number of carbonyl (C=O) groups is 3. The molecular weight excluding hydrogens is 685 g/mol. The van der Waals surface area contributed by atoms with Crippen LogP contribution in [0.1, 0.15) is 48.4 Å². The predicted octanol–water partition coefficient (Wildman–Crippen LogP) is 5.86. The maximum atomic E-state index is 12.6. The summed E-state index contributed by atoms with van der Waals surface area (Å²) < 4.78 is 37.9. The number of nitrogens with two attached hydrogens (primary N) is 1. The van der Waals surface area contributed by atoms with Crippen LogP contribution in [0.4, 0.5) is 5.69 Å². The topological polar surface area (TPSA) is 187 Å². The first-order chi connectivity index (χ1) is 21.6. The van der Waals surface area contributed by atoms with Crippen LogP contribution in [0.3, 0.4) is 0 Å². The zero-order valence-corrected chi connectivity index (χ0v) is 28.0. The first-order valence-electron chi connectivity index (χ1n) is 13.4. The van der Waals surface area contributed by atoms with Crippen molar-refractivity contribution in [1.29, 1.82) is 0 Å². The van der Waals surface area contributed by atoms with Crippen LogP contribution in [0, 0.1) is 0 Å². The van der Waals surface area contributed by atoms with E-state index in [1.165, 1.54) is 19.4 Å². The second kappa shape index (κ2) is 15.5. The molecule has 0 amide bonds. The third kappa shape index (κ3) is 8.42. The maximum Gasteiger partial charge on any atom is 0.337 e. The van der Waals surface area contributed by atoms with E-state index in [2.05, 4.69) is 10.6 Å². The average molecular weight is 715 g/mol. The highest BCUT2D eigenvalue weighted by Crippen LogP contribution is 2.43. The lowest BCUT2D eigenvalue weighted by molar-refractivity contribution is -0.139. The van der Waals surface area contributed by atoms with E-state index in [0.29, 0.717) is 38.9 Å². The fourth-order valence-corrected chi connectivity index (χ4v) is 6.11. The molecule has 46 heavy (non-hydrogen) atoms. The molecule has 0 spiro atoms. The van der Waals surface area contributed by atoms with Crippen LogP contribution in [-0.4, -0.2) is 45.1 Å². The molecule has 1 atom stereocenters. The van der Waals surface area contributed by atoms with Gasteiger partial charge in [0.15, 0.2) is 0 Å². The molecule has 0 bridgehead atoms. The number of carbonyl (C=O) groups excluding carboxylic acids is 2. The van der Waals surface area contributed by atoms with Crippen molar-refractivity contribution in [2.45, 2.75) is 38.1 Å². The van der Waals surface area contributed by atoms with Crippen LogP contribution >= 0.6 is 34.8 Å². The van der Waals surface area contributed by atoms with E-state index in [-0.39, 0.29) is 34.4 Å². The van der Waals surface area contributed by atoms with Gasteiger partial charge in [-0.15, -0.1) is 0 Å². The fraction of sp³-hybridized carbons (Fsp3) is 0.233. The number of hydrogen-bond acceptors (Lipinski definition) is 10. The summed E-state index contributed by atoms with van der Waals surface area (Å²) in [6.45, 7) is 5.63. The summed E-state index contributed by atoms with van der Waals surface area (Å²) in [4.78, 5) is 35.8. The zero-order valence-electron chi connectivity index (χ0n) is 24.9. The van der Waals surface area contributed by atoms with Crippen molar-refractivity contribution in [2.24, 2.45) is 5.14 Å². The second-order valence-corrected chi connectivity index (χ2v) is 12.3. The average Bonchev–Trinajstić information content (AvgIpc) is 3.50. The highest BCUT2D eigenvalue weighted by Gasteiger charge is 2.39. The Bertz CT molecular complexity index is 1820. The van der Waals surface area contributed by atoms with Crippen molar-refractivity contribution in [3.05, 3.63) is 103 Å².